The standard InChI is InChI=1S/C19H28N2O2/c1-4-6-17(22)21-12-5-11-19(3,14-21)18(23)20-13-16-9-7-15(2)8-10-16/h7-10H,4-6,11-14H2,1-3H3,(H,20,23)/t19-/m0/s1. The summed E-state index contributed by atoms with van der Waals surface area (Å²) in [4.78, 5) is 26.6. The molecule has 1 atom stereocenters. The maximum atomic E-state index is 12.6. The Hall–Kier alpha value is -1.84. The molecule has 4 heteroatoms. The van der Waals surface area contributed by atoms with Crippen LogP contribution in [0.2, 0.25) is 0 Å². The van der Waals surface area contributed by atoms with Crippen molar-refractivity contribution in [3.05, 3.63) is 35.4 Å². The van der Waals surface area contributed by atoms with Crippen molar-refractivity contribution in [1.82, 2.24) is 10.2 Å². The Kier molecular flexibility index (Phi) is 5.80. The van der Waals surface area contributed by atoms with Gasteiger partial charge in [0, 0.05) is 26.1 Å². The van der Waals surface area contributed by atoms with Gasteiger partial charge in [0.05, 0.1) is 5.41 Å². The average Bonchev–Trinajstić information content (AvgIpc) is 2.54. The maximum absolute atomic E-state index is 12.6. The number of hydrogen-bond donors (Lipinski definition) is 1. The van der Waals surface area contributed by atoms with Gasteiger partial charge >= 0.3 is 0 Å². The Morgan fingerprint density at radius 2 is 1.96 bits per heavy atom. The number of nitrogens with one attached hydrogen (secondary N) is 1. The molecule has 126 valence electrons. The molecule has 1 aromatic rings. The smallest absolute Gasteiger partial charge is 0.227 e. The zero-order valence-corrected chi connectivity index (χ0v) is 14.5. The van der Waals surface area contributed by atoms with Gasteiger partial charge in [0.2, 0.25) is 11.8 Å². The number of carbonyl (C=O) groups excluding carboxylic acids is 2. The molecule has 1 aromatic carbocycles. The average molecular weight is 316 g/mol. The van der Waals surface area contributed by atoms with Crippen LogP contribution in [0.15, 0.2) is 24.3 Å². The Labute approximate surface area is 139 Å². The van der Waals surface area contributed by atoms with Crippen LogP contribution in [0.1, 0.15) is 50.7 Å². The van der Waals surface area contributed by atoms with Gasteiger partial charge in [-0.05, 0) is 38.7 Å². The number of likely N-dealkylation sites (tertiary alicyclic amines) is 1. The van der Waals surface area contributed by atoms with Crippen LogP contribution in [0.3, 0.4) is 0 Å². The lowest BCUT2D eigenvalue weighted by atomic mass is 9.80. The van der Waals surface area contributed by atoms with Crippen LogP contribution < -0.4 is 5.32 Å². The highest BCUT2D eigenvalue weighted by Gasteiger charge is 2.38. The van der Waals surface area contributed by atoms with Crippen molar-refractivity contribution in [3.63, 3.8) is 0 Å². The van der Waals surface area contributed by atoms with Gasteiger partial charge in [0.15, 0.2) is 0 Å². The highest BCUT2D eigenvalue weighted by atomic mass is 16.2. The van der Waals surface area contributed by atoms with Crippen LogP contribution in [0.4, 0.5) is 0 Å². The van der Waals surface area contributed by atoms with E-state index in [1.165, 1.54) is 5.56 Å². The molecule has 0 bridgehead atoms. The molecule has 4 nitrogen and oxygen atoms in total. The summed E-state index contributed by atoms with van der Waals surface area (Å²) >= 11 is 0. The van der Waals surface area contributed by atoms with Crippen molar-refractivity contribution in [1.29, 1.82) is 0 Å². The molecule has 2 amide bonds. The summed E-state index contributed by atoms with van der Waals surface area (Å²) in [5.41, 5.74) is 1.83. The molecule has 1 fully saturated rings. The molecule has 1 heterocycles. The third-order valence-electron chi connectivity index (χ3n) is 4.63. The molecule has 1 aliphatic heterocycles. The third-order valence-corrected chi connectivity index (χ3v) is 4.63. The molecule has 1 saturated heterocycles. The number of benzene rings is 1. The van der Waals surface area contributed by atoms with E-state index in [1.807, 2.05) is 37.8 Å². The second-order valence-electron chi connectivity index (χ2n) is 6.90. The molecule has 1 aliphatic rings. The second-order valence-corrected chi connectivity index (χ2v) is 6.90. The minimum atomic E-state index is -0.480. The number of piperidine rings is 1. The minimum absolute atomic E-state index is 0.0482. The van der Waals surface area contributed by atoms with Crippen LogP contribution in [0, 0.1) is 12.3 Å². The van der Waals surface area contributed by atoms with Crippen LogP contribution in [-0.4, -0.2) is 29.8 Å². The number of rotatable bonds is 5. The predicted molar refractivity (Wildman–Crippen MR) is 91.9 cm³/mol. The first-order valence-electron chi connectivity index (χ1n) is 8.56. The summed E-state index contributed by atoms with van der Waals surface area (Å²) in [5, 5.41) is 3.04. The molecule has 0 saturated carbocycles. The van der Waals surface area contributed by atoms with Crippen LogP contribution in [-0.2, 0) is 16.1 Å². The van der Waals surface area contributed by atoms with E-state index >= 15 is 0 Å². The number of hydrogen-bond acceptors (Lipinski definition) is 2. The molecule has 0 spiro atoms. The topological polar surface area (TPSA) is 49.4 Å². The van der Waals surface area contributed by atoms with Gasteiger partial charge in [-0.1, -0.05) is 36.8 Å². The van der Waals surface area contributed by atoms with Crippen LogP contribution in [0.25, 0.3) is 0 Å². The van der Waals surface area contributed by atoms with E-state index < -0.39 is 5.41 Å². The highest BCUT2D eigenvalue weighted by molar-refractivity contribution is 5.84. The maximum Gasteiger partial charge on any atom is 0.227 e. The number of amides is 2. The molecule has 1 N–H and O–H groups in total. The first kappa shape index (κ1) is 17.5. The minimum Gasteiger partial charge on any atom is -0.351 e. The molecule has 23 heavy (non-hydrogen) atoms. The van der Waals surface area contributed by atoms with Crippen molar-refractivity contribution in [2.24, 2.45) is 5.41 Å². The van der Waals surface area contributed by atoms with E-state index in [1.54, 1.807) is 0 Å². The summed E-state index contributed by atoms with van der Waals surface area (Å²) in [6.07, 6.45) is 3.15. The molecule has 0 aromatic heterocycles. The van der Waals surface area contributed by atoms with Gasteiger partial charge in [-0.25, -0.2) is 0 Å². The van der Waals surface area contributed by atoms with Crippen molar-refractivity contribution in [2.75, 3.05) is 13.1 Å². The van der Waals surface area contributed by atoms with Crippen LogP contribution >= 0.6 is 0 Å². The van der Waals surface area contributed by atoms with Gasteiger partial charge in [-0.15, -0.1) is 0 Å². The predicted octanol–water partition coefficient (Wildman–Crippen LogP) is 3.04. The highest BCUT2D eigenvalue weighted by Crippen LogP contribution is 2.30. The first-order valence-corrected chi connectivity index (χ1v) is 8.56. The lowest BCUT2D eigenvalue weighted by molar-refractivity contribution is -0.140. The van der Waals surface area contributed by atoms with Gasteiger partial charge in [0.25, 0.3) is 0 Å². The van der Waals surface area contributed by atoms with E-state index in [2.05, 4.69) is 17.4 Å². The van der Waals surface area contributed by atoms with Crippen molar-refractivity contribution in [3.8, 4) is 0 Å². The number of carbonyl (C=O) groups is 2. The van der Waals surface area contributed by atoms with Crippen LogP contribution in [0.5, 0.6) is 0 Å². The Morgan fingerprint density at radius 1 is 1.26 bits per heavy atom. The summed E-state index contributed by atoms with van der Waals surface area (Å²) in [5.74, 6) is 0.219. The van der Waals surface area contributed by atoms with Gasteiger partial charge in [-0.3, -0.25) is 9.59 Å². The van der Waals surface area contributed by atoms with Crippen molar-refractivity contribution in [2.45, 2.75) is 53.0 Å². The van der Waals surface area contributed by atoms with Gasteiger partial charge in [0.1, 0.15) is 0 Å². The zero-order valence-electron chi connectivity index (χ0n) is 14.5. The van der Waals surface area contributed by atoms with E-state index in [4.69, 9.17) is 0 Å². The summed E-state index contributed by atoms with van der Waals surface area (Å²) in [7, 11) is 0. The Bertz CT molecular complexity index is 553. The van der Waals surface area contributed by atoms with Crippen molar-refractivity contribution >= 4 is 11.8 Å². The monoisotopic (exact) mass is 316 g/mol. The number of nitrogens with zero attached hydrogens (tertiary/aromatic N) is 1. The van der Waals surface area contributed by atoms with Crippen molar-refractivity contribution < 1.29 is 9.59 Å². The lowest BCUT2D eigenvalue weighted by Crippen LogP contribution is -2.51. The van der Waals surface area contributed by atoms with Gasteiger partial charge in [-0.2, -0.15) is 0 Å². The second kappa shape index (κ2) is 7.62. The SMILES string of the molecule is CCCC(=O)N1CCC[C@](C)(C(=O)NCc2ccc(C)cc2)C1. The molecule has 0 unspecified atom stereocenters. The largest absolute Gasteiger partial charge is 0.351 e. The van der Waals surface area contributed by atoms with Gasteiger partial charge < -0.3 is 10.2 Å². The van der Waals surface area contributed by atoms with E-state index in [9.17, 15) is 9.59 Å². The Morgan fingerprint density at radius 3 is 2.61 bits per heavy atom. The Balaban J connectivity index is 1.94. The van der Waals surface area contributed by atoms with E-state index in [0.29, 0.717) is 19.5 Å². The quantitative estimate of drug-likeness (QED) is 0.907. The lowest BCUT2D eigenvalue weighted by Gasteiger charge is -2.39. The first-order chi connectivity index (χ1) is 10.9. The molecule has 0 aliphatic carbocycles. The summed E-state index contributed by atoms with van der Waals surface area (Å²) < 4.78 is 0. The third kappa shape index (κ3) is 4.57. The normalized spacial score (nSPS) is 21.1. The van der Waals surface area contributed by atoms with E-state index in [-0.39, 0.29) is 11.8 Å². The fourth-order valence-corrected chi connectivity index (χ4v) is 3.11. The molecular formula is C19H28N2O2. The number of aryl methyl sites for hydroxylation is 1. The fraction of sp³-hybridized carbons (Fsp3) is 0.579. The molecular weight excluding hydrogens is 288 g/mol. The fourth-order valence-electron chi connectivity index (χ4n) is 3.11. The van der Waals surface area contributed by atoms with E-state index in [0.717, 1.165) is 31.4 Å². The molecule has 0 radical (unpaired) electrons. The zero-order chi connectivity index (χ0) is 16.9. The summed E-state index contributed by atoms with van der Waals surface area (Å²) in [6.45, 7) is 7.88. The summed E-state index contributed by atoms with van der Waals surface area (Å²) in [6, 6.07) is 8.18. The molecule has 2 rings (SSSR count).